The van der Waals surface area contributed by atoms with Gasteiger partial charge in [-0.05, 0) is 61.7 Å². The van der Waals surface area contributed by atoms with Crippen molar-refractivity contribution >= 4 is 0 Å². The highest BCUT2D eigenvalue weighted by Crippen LogP contribution is 2.27. The molecule has 2 aromatic rings. The number of hydrogen-bond donors (Lipinski definition) is 1. The van der Waals surface area contributed by atoms with Gasteiger partial charge in [-0.3, -0.25) is 0 Å². The highest BCUT2D eigenvalue weighted by Gasteiger charge is 2.14. The molecular formula is C17H19FO2. The number of aliphatic hydroxyl groups excluding tert-OH is 1. The lowest BCUT2D eigenvalue weighted by molar-refractivity contribution is 0.215. The number of benzene rings is 2. The zero-order chi connectivity index (χ0) is 14.7. The SMILES string of the molecule is Cc1cc(F)ccc1C(O)c1cccc(OC(C)C)c1. The van der Waals surface area contributed by atoms with Crippen LogP contribution in [0.5, 0.6) is 5.75 Å². The molecule has 0 aliphatic heterocycles. The van der Waals surface area contributed by atoms with E-state index in [1.165, 1.54) is 12.1 Å². The van der Waals surface area contributed by atoms with Crippen LogP contribution in [-0.2, 0) is 0 Å². The number of hydrogen-bond acceptors (Lipinski definition) is 2. The number of halogens is 1. The Bertz CT molecular complexity index is 593. The van der Waals surface area contributed by atoms with Crippen molar-refractivity contribution in [3.05, 3.63) is 65.0 Å². The Morgan fingerprint density at radius 3 is 2.50 bits per heavy atom. The van der Waals surface area contributed by atoms with Gasteiger partial charge in [-0.2, -0.15) is 0 Å². The van der Waals surface area contributed by atoms with Gasteiger partial charge in [0.2, 0.25) is 0 Å². The molecule has 2 rings (SSSR count). The molecule has 0 saturated heterocycles. The van der Waals surface area contributed by atoms with Crippen molar-refractivity contribution < 1.29 is 14.2 Å². The predicted octanol–water partition coefficient (Wildman–Crippen LogP) is 4.00. The number of aryl methyl sites for hydroxylation is 1. The fourth-order valence-electron chi connectivity index (χ4n) is 2.16. The van der Waals surface area contributed by atoms with Crippen LogP contribution in [0, 0.1) is 12.7 Å². The van der Waals surface area contributed by atoms with Gasteiger partial charge in [0.25, 0.3) is 0 Å². The Morgan fingerprint density at radius 1 is 1.10 bits per heavy atom. The minimum Gasteiger partial charge on any atom is -0.491 e. The van der Waals surface area contributed by atoms with Gasteiger partial charge in [0.1, 0.15) is 17.7 Å². The van der Waals surface area contributed by atoms with Crippen molar-refractivity contribution in [1.82, 2.24) is 0 Å². The van der Waals surface area contributed by atoms with Crippen molar-refractivity contribution in [2.75, 3.05) is 0 Å². The normalized spacial score (nSPS) is 12.5. The van der Waals surface area contributed by atoms with Crippen LogP contribution in [0.2, 0.25) is 0 Å². The molecule has 1 atom stereocenters. The van der Waals surface area contributed by atoms with E-state index in [-0.39, 0.29) is 11.9 Å². The topological polar surface area (TPSA) is 29.5 Å². The van der Waals surface area contributed by atoms with Crippen LogP contribution in [0.15, 0.2) is 42.5 Å². The van der Waals surface area contributed by atoms with Gasteiger partial charge in [0.05, 0.1) is 6.10 Å². The molecule has 1 N–H and O–H groups in total. The van der Waals surface area contributed by atoms with Crippen molar-refractivity contribution in [1.29, 1.82) is 0 Å². The monoisotopic (exact) mass is 274 g/mol. The lowest BCUT2D eigenvalue weighted by atomic mass is 9.97. The van der Waals surface area contributed by atoms with E-state index in [1.54, 1.807) is 13.0 Å². The zero-order valence-electron chi connectivity index (χ0n) is 11.9. The Labute approximate surface area is 118 Å². The summed E-state index contributed by atoms with van der Waals surface area (Å²) in [7, 11) is 0. The second-order valence-corrected chi connectivity index (χ2v) is 5.14. The van der Waals surface area contributed by atoms with E-state index in [1.807, 2.05) is 38.1 Å². The van der Waals surface area contributed by atoms with Crippen LogP contribution in [0.3, 0.4) is 0 Å². The molecule has 0 aliphatic carbocycles. The molecular weight excluding hydrogens is 255 g/mol. The maximum Gasteiger partial charge on any atom is 0.123 e. The van der Waals surface area contributed by atoms with Gasteiger partial charge in [0.15, 0.2) is 0 Å². The molecule has 20 heavy (non-hydrogen) atoms. The Morgan fingerprint density at radius 2 is 1.85 bits per heavy atom. The first-order valence-corrected chi connectivity index (χ1v) is 6.68. The van der Waals surface area contributed by atoms with Crippen molar-refractivity contribution in [3.63, 3.8) is 0 Å². The summed E-state index contributed by atoms with van der Waals surface area (Å²) < 4.78 is 18.7. The molecule has 0 amide bonds. The maximum atomic E-state index is 13.1. The van der Waals surface area contributed by atoms with Gasteiger partial charge in [0, 0.05) is 0 Å². The van der Waals surface area contributed by atoms with Gasteiger partial charge in [-0.1, -0.05) is 18.2 Å². The number of aliphatic hydroxyl groups is 1. The molecule has 0 radical (unpaired) electrons. The largest absolute Gasteiger partial charge is 0.491 e. The quantitative estimate of drug-likeness (QED) is 0.913. The van der Waals surface area contributed by atoms with Crippen LogP contribution >= 0.6 is 0 Å². The molecule has 0 fully saturated rings. The summed E-state index contributed by atoms with van der Waals surface area (Å²) in [6, 6.07) is 11.7. The van der Waals surface area contributed by atoms with Crippen molar-refractivity contribution in [3.8, 4) is 5.75 Å². The third kappa shape index (κ3) is 3.36. The maximum absolute atomic E-state index is 13.1. The standard InChI is InChI=1S/C17H19FO2/c1-11(2)20-15-6-4-5-13(10-15)17(19)16-8-7-14(18)9-12(16)3/h4-11,17,19H,1-3H3. The Balaban J connectivity index is 2.30. The first kappa shape index (κ1) is 14.5. The summed E-state index contributed by atoms with van der Waals surface area (Å²) >= 11 is 0. The predicted molar refractivity (Wildman–Crippen MR) is 77.4 cm³/mol. The van der Waals surface area contributed by atoms with Crippen LogP contribution in [0.4, 0.5) is 4.39 Å². The second-order valence-electron chi connectivity index (χ2n) is 5.14. The molecule has 0 bridgehead atoms. The molecule has 2 nitrogen and oxygen atoms in total. The van der Waals surface area contributed by atoms with E-state index in [4.69, 9.17) is 4.74 Å². The third-order valence-electron chi connectivity index (χ3n) is 3.07. The van der Waals surface area contributed by atoms with Crippen LogP contribution in [0.25, 0.3) is 0 Å². The van der Waals surface area contributed by atoms with E-state index in [9.17, 15) is 9.50 Å². The van der Waals surface area contributed by atoms with Crippen LogP contribution in [-0.4, -0.2) is 11.2 Å². The number of ether oxygens (including phenoxy) is 1. The smallest absolute Gasteiger partial charge is 0.123 e. The molecule has 106 valence electrons. The molecule has 0 aliphatic rings. The summed E-state index contributed by atoms with van der Waals surface area (Å²) in [5, 5.41) is 10.4. The van der Waals surface area contributed by atoms with Gasteiger partial charge in [-0.25, -0.2) is 4.39 Å². The fraction of sp³-hybridized carbons (Fsp3) is 0.294. The van der Waals surface area contributed by atoms with Gasteiger partial charge in [-0.15, -0.1) is 0 Å². The average molecular weight is 274 g/mol. The van der Waals surface area contributed by atoms with Crippen molar-refractivity contribution in [2.45, 2.75) is 33.0 Å². The minimum atomic E-state index is -0.786. The fourth-order valence-corrected chi connectivity index (χ4v) is 2.16. The highest BCUT2D eigenvalue weighted by atomic mass is 19.1. The minimum absolute atomic E-state index is 0.0787. The Hall–Kier alpha value is -1.87. The van der Waals surface area contributed by atoms with Crippen LogP contribution < -0.4 is 4.74 Å². The second kappa shape index (κ2) is 6.06. The first-order valence-electron chi connectivity index (χ1n) is 6.68. The third-order valence-corrected chi connectivity index (χ3v) is 3.07. The Kier molecular flexibility index (Phi) is 4.40. The summed E-state index contributed by atoms with van der Waals surface area (Å²) in [5.41, 5.74) is 2.17. The highest BCUT2D eigenvalue weighted by molar-refractivity contribution is 5.38. The number of rotatable bonds is 4. The van der Waals surface area contributed by atoms with E-state index in [0.29, 0.717) is 5.56 Å². The molecule has 0 heterocycles. The van der Waals surface area contributed by atoms with Gasteiger partial charge < -0.3 is 9.84 Å². The molecule has 0 saturated carbocycles. The van der Waals surface area contributed by atoms with E-state index >= 15 is 0 Å². The molecule has 0 spiro atoms. The first-order chi connectivity index (χ1) is 9.47. The molecule has 1 unspecified atom stereocenters. The average Bonchev–Trinajstić information content (AvgIpc) is 2.37. The van der Waals surface area contributed by atoms with Crippen molar-refractivity contribution in [2.24, 2.45) is 0 Å². The molecule has 0 aromatic heterocycles. The van der Waals surface area contributed by atoms with E-state index in [2.05, 4.69) is 0 Å². The van der Waals surface area contributed by atoms with Gasteiger partial charge >= 0.3 is 0 Å². The lowest BCUT2D eigenvalue weighted by Gasteiger charge is -2.16. The summed E-state index contributed by atoms with van der Waals surface area (Å²) in [5.74, 6) is 0.423. The summed E-state index contributed by atoms with van der Waals surface area (Å²) in [4.78, 5) is 0. The summed E-state index contributed by atoms with van der Waals surface area (Å²) in [6.07, 6.45) is -0.707. The molecule has 3 heteroatoms. The van der Waals surface area contributed by atoms with E-state index < -0.39 is 6.10 Å². The zero-order valence-corrected chi connectivity index (χ0v) is 11.9. The lowest BCUT2D eigenvalue weighted by Crippen LogP contribution is -2.07. The summed E-state index contributed by atoms with van der Waals surface area (Å²) in [6.45, 7) is 5.69. The van der Waals surface area contributed by atoms with Crippen LogP contribution in [0.1, 0.15) is 36.6 Å². The van der Waals surface area contributed by atoms with E-state index in [0.717, 1.165) is 16.9 Å². The molecule has 2 aromatic carbocycles.